The summed E-state index contributed by atoms with van der Waals surface area (Å²) in [5.74, 6) is -0.696. The molecule has 4 aromatic carbocycles. The normalized spacial score (nSPS) is 12.3. The van der Waals surface area contributed by atoms with Gasteiger partial charge in [-0.2, -0.15) is 22.0 Å². The summed E-state index contributed by atoms with van der Waals surface area (Å²) >= 11 is 0. The number of aryl methyl sites for hydroxylation is 1. The first-order chi connectivity index (χ1) is 21.7. The van der Waals surface area contributed by atoms with Crippen LogP contribution in [0.1, 0.15) is 41.2 Å². The van der Waals surface area contributed by atoms with Crippen LogP contribution < -0.4 is 16.2 Å². The molecule has 0 bridgehead atoms. The van der Waals surface area contributed by atoms with Gasteiger partial charge in [-0.25, -0.2) is 4.79 Å². The van der Waals surface area contributed by atoms with Crippen LogP contribution in [0.15, 0.2) is 103 Å². The highest BCUT2D eigenvalue weighted by Crippen LogP contribution is 2.33. The smallest absolute Gasteiger partial charge is 0.426 e. The lowest BCUT2D eigenvalue weighted by Gasteiger charge is -2.29. The largest absolute Gasteiger partial charge is 0.462 e. The zero-order chi connectivity index (χ0) is 33.4. The molecule has 0 aliphatic rings. The highest BCUT2D eigenvalue weighted by molar-refractivity contribution is 5.87. The topological polar surface area (TPSA) is 87.6 Å². The number of nitrogen functional groups attached to an aromatic ring is 2. The van der Waals surface area contributed by atoms with Crippen molar-refractivity contribution in [3.8, 4) is 5.75 Å². The molecule has 0 aliphatic heterocycles. The minimum Gasteiger partial charge on any atom is -0.462 e. The van der Waals surface area contributed by atoms with Gasteiger partial charge in [-0.05, 0) is 96.1 Å². The van der Waals surface area contributed by atoms with Crippen LogP contribution in [0.25, 0.3) is 6.08 Å². The van der Waals surface area contributed by atoms with Gasteiger partial charge in [0.1, 0.15) is 5.75 Å². The SMILES string of the molecule is CC(COC(=O)/C=C/c1ccc(OC(F)(F)c2ccc(CCC(F)(F)F)cc2)cc1)(Cc1ccc(N)cc1)Cc1ccc(N)cc1. The van der Waals surface area contributed by atoms with Gasteiger partial charge in [0.25, 0.3) is 0 Å². The van der Waals surface area contributed by atoms with Crippen molar-refractivity contribution in [2.75, 3.05) is 18.1 Å². The summed E-state index contributed by atoms with van der Waals surface area (Å²) in [4.78, 5) is 12.7. The molecule has 0 aromatic heterocycles. The molecule has 4 aromatic rings. The standard InChI is InChI=1S/C36H35F5N2O3/c1-34(22-27-4-13-30(42)14-5-27,23-28-6-15-31(43)16-7-28)24-45-33(44)19-10-25-8-17-32(18-9-25)46-36(40,41)29-11-2-26(3-12-29)20-21-35(37,38)39/h2-19H,20-24,42-43H2,1H3/b19-10+. The fraction of sp³-hybridized carbons (Fsp3) is 0.250. The number of hydrogen-bond acceptors (Lipinski definition) is 5. The minimum absolute atomic E-state index is 0.132. The van der Waals surface area contributed by atoms with Crippen molar-refractivity contribution in [1.82, 2.24) is 0 Å². The van der Waals surface area contributed by atoms with Crippen molar-refractivity contribution in [2.45, 2.75) is 44.9 Å². The monoisotopic (exact) mass is 638 g/mol. The number of rotatable bonds is 13. The molecule has 242 valence electrons. The number of carbonyl (C=O) groups is 1. The van der Waals surface area contributed by atoms with E-state index in [9.17, 15) is 26.7 Å². The van der Waals surface area contributed by atoms with Crippen molar-refractivity contribution < 1.29 is 36.2 Å². The molecule has 0 fully saturated rings. The summed E-state index contributed by atoms with van der Waals surface area (Å²) in [5.41, 5.74) is 15.0. The number of nitrogens with two attached hydrogens (primary N) is 2. The van der Waals surface area contributed by atoms with Crippen LogP contribution in [0, 0.1) is 5.41 Å². The van der Waals surface area contributed by atoms with E-state index < -0.39 is 35.7 Å². The Bertz CT molecular complexity index is 1550. The van der Waals surface area contributed by atoms with Gasteiger partial charge in [0.2, 0.25) is 0 Å². The summed E-state index contributed by atoms with van der Waals surface area (Å²) in [7, 11) is 0. The van der Waals surface area contributed by atoms with Gasteiger partial charge in [-0.15, -0.1) is 0 Å². The zero-order valence-electron chi connectivity index (χ0n) is 25.2. The Balaban J connectivity index is 1.34. The third-order valence-corrected chi connectivity index (χ3v) is 7.31. The van der Waals surface area contributed by atoms with Crippen molar-refractivity contribution in [2.24, 2.45) is 5.41 Å². The molecule has 5 nitrogen and oxygen atoms in total. The Hall–Kier alpha value is -4.86. The first kappa shape index (κ1) is 34.0. The predicted octanol–water partition coefficient (Wildman–Crippen LogP) is 8.52. The van der Waals surface area contributed by atoms with E-state index in [4.69, 9.17) is 20.9 Å². The number of ether oxygens (including phenoxy) is 2. The van der Waals surface area contributed by atoms with Crippen molar-refractivity contribution in [1.29, 1.82) is 0 Å². The Morgan fingerprint density at radius 2 is 1.22 bits per heavy atom. The van der Waals surface area contributed by atoms with Crippen LogP contribution in [-0.4, -0.2) is 18.8 Å². The number of esters is 1. The molecule has 46 heavy (non-hydrogen) atoms. The predicted molar refractivity (Wildman–Crippen MR) is 169 cm³/mol. The number of hydrogen-bond donors (Lipinski definition) is 2. The van der Waals surface area contributed by atoms with Crippen LogP contribution in [0.4, 0.5) is 33.3 Å². The van der Waals surface area contributed by atoms with E-state index in [2.05, 4.69) is 0 Å². The quantitative estimate of drug-likeness (QED) is 0.0664. The van der Waals surface area contributed by atoms with Crippen molar-refractivity contribution in [3.05, 3.63) is 131 Å². The minimum atomic E-state index is -4.33. The molecule has 0 atom stereocenters. The van der Waals surface area contributed by atoms with E-state index in [-0.39, 0.29) is 18.8 Å². The average Bonchev–Trinajstić information content (AvgIpc) is 3.01. The molecular formula is C36H35F5N2O3. The molecule has 0 spiro atoms. The fourth-order valence-corrected chi connectivity index (χ4v) is 4.88. The molecule has 0 saturated carbocycles. The number of carbonyl (C=O) groups excluding carboxylic acids is 1. The van der Waals surface area contributed by atoms with Crippen molar-refractivity contribution >= 4 is 23.4 Å². The lowest BCUT2D eigenvalue weighted by Crippen LogP contribution is -2.30. The number of halogens is 5. The van der Waals surface area contributed by atoms with Crippen molar-refractivity contribution in [3.63, 3.8) is 0 Å². The Kier molecular flexibility index (Phi) is 10.7. The molecular weight excluding hydrogens is 603 g/mol. The van der Waals surface area contributed by atoms with E-state index in [0.717, 1.165) is 23.3 Å². The van der Waals surface area contributed by atoms with Gasteiger partial charge < -0.3 is 20.9 Å². The Labute approximate surface area is 264 Å². The third-order valence-electron chi connectivity index (χ3n) is 7.31. The lowest BCUT2D eigenvalue weighted by molar-refractivity contribution is -0.185. The van der Waals surface area contributed by atoms with Gasteiger partial charge in [0.15, 0.2) is 0 Å². The van der Waals surface area contributed by atoms with Crippen LogP contribution in [-0.2, 0) is 34.9 Å². The summed E-state index contributed by atoms with van der Waals surface area (Å²) in [6.07, 6.45) is -5.36. The summed E-state index contributed by atoms with van der Waals surface area (Å²) in [6.45, 7) is 2.17. The molecule has 0 saturated heterocycles. The molecule has 0 aliphatic carbocycles. The first-order valence-electron chi connectivity index (χ1n) is 14.5. The highest BCUT2D eigenvalue weighted by atomic mass is 19.4. The fourth-order valence-electron chi connectivity index (χ4n) is 4.88. The van der Waals surface area contributed by atoms with Gasteiger partial charge in [-0.1, -0.05) is 55.5 Å². The molecule has 0 radical (unpaired) electrons. The van der Waals surface area contributed by atoms with E-state index in [1.165, 1.54) is 48.6 Å². The Morgan fingerprint density at radius 1 is 0.717 bits per heavy atom. The van der Waals surface area contributed by atoms with E-state index in [0.29, 0.717) is 35.3 Å². The summed E-state index contributed by atoms with van der Waals surface area (Å²) < 4.78 is 77.2. The summed E-state index contributed by atoms with van der Waals surface area (Å²) in [6, 6.07) is 25.3. The molecule has 10 heteroatoms. The highest BCUT2D eigenvalue weighted by Gasteiger charge is 2.34. The number of anilines is 2. The average molecular weight is 639 g/mol. The second-order valence-corrected chi connectivity index (χ2v) is 11.6. The first-order valence-corrected chi connectivity index (χ1v) is 14.5. The van der Waals surface area contributed by atoms with E-state index >= 15 is 0 Å². The van der Waals surface area contributed by atoms with Crippen LogP contribution in [0.3, 0.4) is 0 Å². The van der Waals surface area contributed by atoms with Crippen LogP contribution >= 0.6 is 0 Å². The van der Waals surface area contributed by atoms with E-state index in [1.807, 2.05) is 55.5 Å². The number of benzene rings is 4. The lowest BCUT2D eigenvalue weighted by atomic mass is 9.79. The number of alkyl halides is 5. The Morgan fingerprint density at radius 3 is 1.72 bits per heavy atom. The van der Waals surface area contributed by atoms with Gasteiger partial charge in [0.05, 0.1) is 12.2 Å². The third kappa shape index (κ3) is 10.6. The van der Waals surface area contributed by atoms with Gasteiger partial charge in [0, 0.05) is 29.3 Å². The molecule has 0 heterocycles. The molecule has 0 amide bonds. The molecule has 0 unspecified atom stereocenters. The van der Waals surface area contributed by atoms with Crippen LogP contribution in [0.5, 0.6) is 5.75 Å². The maximum absolute atomic E-state index is 14.7. The maximum Gasteiger partial charge on any atom is 0.426 e. The second kappa shape index (κ2) is 14.5. The summed E-state index contributed by atoms with van der Waals surface area (Å²) in [5, 5.41) is 0. The zero-order valence-corrected chi connectivity index (χ0v) is 25.2. The second-order valence-electron chi connectivity index (χ2n) is 11.6. The van der Waals surface area contributed by atoms with Crippen LogP contribution in [0.2, 0.25) is 0 Å². The molecule has 4 rings (SSSR count). The van der Waals surface area contributed by atoms with E-state index in [1.54, 1.807) is 0 Å². The van der Waals surface area contributed by atoms with Gasteiger partial charge >= 0.3 is 18.3 Å². The van der Waals surface area contributed by atoms with Gasteiger partial charge in [-0.3, -0.25) is 0 Å². The maximum atomic E-state index is 14.7. The molecule has 4 N–H and O–H groups in total.